The summed E-state index contributed by atoms with van der Waals surface area (Å²) in [4.78, 5) is 28.2. The molecular weight excluding hydrogens is 430 g/mol. The molecule has 1 N–H and O–H groups in total. The second-order valence-electron chi connectivity index (χ2n) is 8.41. The van der Waals surface area contributed by atoms with Crippen molar-refractivity contribution in [1.29, 1.82) is 0 Å². The lowest BCUT2D eigenvalue weighted by Gasteiger charge is -2.27. The van der Waals surface area contributed by atoms with Crippen molar-refractivity contribution in [3.63, 3.8) is 0 Å². The van der Waals surface area contributed by atoms with Gasteiger partial charge >= 0.3 is 0 Å². The number of nitrogens with zero attached hydrogens (tertiary/aromatic N) is 1. The predicted octanol–water partition coefficient (Wildman–Crippen LogP) is 5.26. The lowest BCUT2D eigenvalue weighted by molar-refractivity contribution is -0.132. The van der Waals surface area contributed by atoms with Gasteiger partial charge in [-0.25, -0.2) is 0 Å². The second kappa shape index (κ2) is 9.06. The standard InChI is InChI=1S/C28H27NO5/c1-16-6-13-23(18(3)14-16)29-25(19-7-9-20(33-4)10-8-19)24(27(31)28(29)32)26(30)22-12-11-21(34-5)15-17(22)2/h6-15,25,30H,1-5H3/b26-24+. The van der Waals surface area contributed by atoms with Crippen molar-refractivity contribution < 1.29 is 24.2 Å². The number of amides is 1. The number of ether oxygens (including phenoxy) is 2. The van der Waals surface area contributed by atoms with Crippen LogP contribution in [0, 0.1) is 20.8 Å². The molecule has 174 valence electrons. The van der Waals surface area contributed by atoms with E-state index in [2.05, 4.69) is 0 Å². The van der Waals surface area contributed by atoms with Crippen molar-refractivity contribution >= 4 is 23.1 Å². The highest BCUT2D eigenvalue weighted by atomic mass is 16.5. The van der Waals surface area contributed by atoms with Gasteiger partial charge in [0.05, 0.1) is 25.8 Å². The molecule has 0 radical (unpaired) electrons. The monoisotopic (exact) mass is 457 g/mol. The molecule has 1 fully saturated rings. The van der Waals surface area contributed by atoms with Crippen molar-refractivity contribution in [2.75, 3.05) is 19.1 Å². The molecule has 3 aromatic carbocycles. The van der Waals surface area contributed by atoms with E-state index < -0.39 is 17.7 Å². The van der Waals surface area contributed by atoms with Crippen molar-refractivity contribution in [1.82, 2.24) is 0 Å². The Kier molecular flexibility index (Phi) is 6.16. The molecule has 1 amide bonds. The number of hydrogen-bond acceptors (Lipinski definition) is 5. The summed E-state index contributed by atoms with van der Waals surface area (Å²) in [5, 5.41) is 11.4. The third-order valence-corrected chi connectivity index (χ3v) is 6.18. The summed E-state index contributed by atoms with van der Waals surface area (Å²) in [5.41, 5.74) is 4.46. The largest absolute Gasteiger partial charge is 0.507 e. The lowest BCUT2D eigenvalue weighted by Crippen LogP contribution is -2.30. The van der Waals surface area contributed by atoms with Gasteiger partial charge in [-0.05, 0) is 73.9 Å². The molecule has 0 saturated carbocycles. The van der Waals surface area contributed by atoms with Gasteiger partial charge < -0.3 is 14.6 Å². The highest BCUT2D eigenvalue weighted by Crippen LogP contribution is 2.44. The smallest absolute Gasteiger partial charge is 0.300 e. The minimum atomic E-state index is -0.797. The number of Topliss-reactive ketones (excluding diaryl/α,β-unsaturated/α-hetero) is 1. The first-order chi connectivity index (χ1) is 16.3. The van der Waals surface area contributed by atoms with Crippen molar-refractivity contribution in [3.05, 3.63) is 94.1 Å². The van der Waals surface area contributed by atoms with E-state index in [1.165, 1.54) is 4.90 Å². The van der Waals surface area contributed by atoms with Gasteiger partial charge in [0, 0.05) is 11.3 Å². The number of carbonyl (C=O) groups excluding carboxylic acids is 2. The Morgan fingerprint density at radius 1 is 0.824 bits per heavy atom. The first kappa shape index (κ1) is 23.1. The van der Waals surface area contributed by atoms with Crippen LogP contribution in [-0.4, -0.2) is 31.0 Å². The van der Waals surface area contributed by atoms with Crippen LogP contribution in [0.4, 0.5) is 5.69 Å². The molecular formula is C28H27NO5. The maximum absolute atomic E-state index is 13.4. The van der Waals surface area contributed by atoms with Crippen molar-refractivity contribution in [2.24, 2.45) is 0 Å². The third kappa shape index (κ3) is 3.92. The van der Waals surface area contributed by atoms with Crippen LogP contribution in [0.15, 0.2) is 66.2 Å². The summed E-state index contributed by atoms with van der Waals surface area (Å²) in [6, 6.07) is 17.3. The molecule has 1 atom stereocenters. The summed E-state index contributed by atoms with van der Waals surface area (Å²) < 4.78 is 10.5. The van der Waals surface area contributed by atoms with E-state index >= 15 is 0 Å². The average Bonchev–Trinajstić information content (AvgIpc) is 3.09. The summed E-state index contributed by atoms with van der Waals surface area (Å²) in [6.07, 6.45) is 0. The van der Waals surface area contributed by atoms with Gasteiger partial charge in [0.2, 0.25) is 0 Å². The fraction of sp³-hybridized carbons (Fsp3) is 0.214. The normalized spacial score (nSPS) is 17.2. The Bertz CT molecular complexity index is 1310. The van der Waals surface area contributed by atoms with Gasteiger partial charge in [0.15, 0.2) is 0 Å². The number of anilines is 1. The van der Waals surface area contributed by atoms with Crippen molar-refractivity contribution in [2.45, 2.75) is 26.8 Å². The number of aryl methyl sites for hydroxylation is 3. The second-order valence-corrected chi connectivity index (χ2v) is 8.41. The highest BCUT2D eigenvalue weighted by Gasteiger charge is 2.47. The fourth-order valence-electron chi connectivity index (χ4n) is 4.43. The maximum atomic E-state index is 13.4. The number of ketones is 1. The molecule has 1 aliphatic heterocycles. The Labute approximate surface area is 199 Å². The average molecular weight is 458 g/mol. The number of carbonyl (C=O) groups is 2. The topological polar surface area (TPSA) is 76.1 Å². The molecule has 0 spiro atoms. The van der Waals surface area contributed by atoms with Gasteiger partial charge in [0.1, 0.15) is 17.3 Å². The summed E-state index contributed by atoms with van der Waals surface area (Å²) >= 11 is 0. The Balaban J connectivity index is 1.96. The molecule has 0 bridgehead atoms. The first-order valence-corrected chi connectivity index (χ1v) is 10.9. The summed E-state index contributed by atoms with van der Waals surface area (Å²) in [6.45, 7) is 5.69. The Morgan fingerprint density at radius 2 is 1.47 bits per heavy atom. The number of rotatable bonds is 5. The van der Waals surface area contributed by atoms with Gasteiger partial charge in [-0.3, -0.25) is 14.5 Å². The van der Waals surface area contributed by atoms with E-state index in [1.54, 1.807) is 56.7 Å². The lowest BCUT2D eigenvalue weighted by atomic mass is 9.93. The summed E-state index contributed by atoms with van der Waals surface area (Å²) in [7, 11) is 3.14. The predicted molar refractivity (Wildman–Crippen MR) is 131 cm³/mol. The van der Waals surface area contributed by atoms with Crippen LogP contribution in [0.25, 0.3) is 5.76 Å². The SMILES string of the molecule is COc1ccc(C2/C(=C(\O)c3ccc(OC)cc3C)C(=O)C(=O)N2c2ccc(C)cc2C)cc1. The third-order valence-electron chi connectivity index (χ3n) is 6.18. The molecule has 1 aliphatic rings. The van der Waals surface area contributed by atoms with Gasteiger partial charge in [-0.2, -0.15) is 0 Å². The number of hydrogen-bond donors (Lipinski definition) is 1. The molecule has 1 saturated heterocycles. The van der Waals surface area contributed by atoms with Crippen LogP contribution in [0.1, 0.15) is 33.9 Å². The molecule has 1 unspecified atom stereocenters. The van der Waals surface area contributed by atoms with Crippen LogP contribution in [0.3, 0.4) is 0 Å². The molecule has 0 aromatic heterocycles. The van der Waals surface area contributed by atoms with Crippen molar-refractivity contribution in [3.8, 4) is 11.5 Å². The Morgan fingerprint density at radius 3 is 2.06 bits per heavy atom. The van der Waals surface area contributed by atoms with Crippen LogP contribution in [0.5, 0.6) is 11.5 Å². The molecule has 3 aromatic rings. The Hall–Kier alpha value is -4.06. The minimum Gasteiger partial charge on any atom is -0.507 e. The van der Waals surface area contributed by atoms with Crippen LogP contribution >= 0.6 is 0 Å². The zero-order valence-corrected chi connectivity index (χ0v) is 19.9. The zero-order valence-electron chi connectivity index (χ0n) is 19.9. The van der Waals surface area contributed by atoms with E-state index in [0.717, 1.165) is 16.7 Å². The van der Waals surface area contributed by atoms with E-state index in [4.69, 9.17) is 9.47 Å². The van der Waals surface area contributed by atoms with Crippen LogP contribution < -0.4 is 14.4 Å². The molecule has 34 heavy (non-hydrogen) atoms. The number of aliphatic hydroxyl groups is 1. The maximum Gasteiger partial charge on any atom is 0.300 e. The molecule has 0 aliphatic carbocycles. The van der Waals surface area contributed by atoms with Gasteiger partial charge in [-0.1, -0.05) is 29.8 Å². The number of methoxy groups -OCH3 is 2. The first-order valence-electron chi connectivity index (χ1n) is 10.9. The van der Waals surface area contributed by atoms with E-state index in [0.29, 0.717) is 28.3 Å². The van der Waals surface area contributed by atoms with Gasteiger partial charge in [-0.15, -0.1) is 0 Å². The van der Waals surface area contributed by atoms with Crippen LogP contribution in [-0.2, 0) is 9.59 Å². The zero-order chi connectivity index (χ0) is 24.6. The quantitative estimate of drug-likeness (QED) is 0.322. The number of benzene rings is 3. The molecule has 6 heteroatoms. The molecule has 4 rings (SSSR count). The van der Waals surface area contributed by atoms with E-state index in [1.807, 2.05) is 39.0 Å². The van der Waals surface area contributed by atoms with E-state index in [9.17, 15) is 14.7 Å². The van der Waals surface area contributed by atoms with E-state index in [-0.39, 0.29) is 11.3 Å². The van der Waals surface area contributed by atoms with Gasteiger partial charge in [0.25, 0.3) is 11.7 Å². The minimum absolute atomic E-state index is 0.0448. The fourth-order valence-corrected chi connectivity index (χ4v) is 4.43. The highest BCUT2D eigenvalue weighted by molar-refractivity contribution is 6.51. The van der Waals surface area contributed by atoms with Crippen LogP contribution in [0.2, 0.25) is 0 Å². The summed E-state index contributed by atoms with van der Waals surface area (Å²) in [5.74, 6) is -0.338. The molecule has 6 nitrogen and oxygen atoms in total. The number of aliphatic hydroxyl groups excluding tert-OH is 1. The molecule has 1 heterocycles.